The molecular formula is C30H30ClN3O5. The van der Waals surface area contributed by atoms with Crippen LogP contribution in [0.3, 0.4) is 0 Å². The Bertz CT molecular complexity index is 1440. The fourth-order valence-corrected chi connectivity index (χ4v) is 4.93. The highest BCUT2D eigenvalue weighted by molar-refractivity contribution is 6.31. The molecule has 1 aliphatic heterocycles. The van der Waals surface area contributed by atoms with E-state index in [0.717, 1.165) is 58.8 Å². The van der Waals surface area contributed by atoms with Gasteiger partial charge >= 0.3 is 5.97 Å². The van der Waals surface area contributed by atoms with Crippen molar-refractivity contribution in [2.45, 2.75) is 32.4 Å². The van der Waals surface area contributed by atoms with Crippen LogP contribution < -0.4 is 10.6 Å². The first kappa shape index (κ1) is 27.9. The molecule has 0 saturated carbocycles. The molecular weight excluding hydrogens is 518 g/mol. The summed E-state index contributed by atoms with van der Waals surface area (Å²) in [6.07, 6.45) is 2.37. The molecule has 0 radical (unpaired) electrons. The van der Waals surface area contributed by atoms with Gasteiger partial charge in [0.15, 0.2) is 5.76 Å². The Kier molecular flexibility index (Phi) is 9.35. The Morgan fingerprint density at radius 1 is 1.15 bits per heavy atom. The smallest absolute Gasteiger partial charge is 0.307 e. The molecule has 0 saturated heterocycles. The quantitative estimate of drug-likeness (QED) is 0.234. The number of nitrogens with zero attached hydrogens (tertiary/aromatic N) is 1. The second kappa shape index (κ2) is 13.1. The predicted octanol–water partition coefficient (Wildman–Crippen LogP) is 5.90. The standard InChI is InChI=1S/C21H21N3O3.C9H9ClO2/c1-22-19-12-24-27-21(19)17-7-6-15(18-11-23-9-8-16(17)18)14-4-2-13(3-5-14)10-20(25)26;1-7(12-6-11)8-4-2-3-5-9(8)10/h2-7,12,22-23H,8-11H2,1H3,(H,25,26);2-7H,1H3. The van der Waals surface area contributed by atoms with E-state index in [1.165, 1.54) is 11.1 Å². The Labute approximate surface area is 231 Å². The number of carboxylic acid groups (broad SMARTS) is 1. The third-order valence-corrected chi connectivity index (χ3v) is 6.94. The second-order valence-corrected chi connectivity index (χ2v) is 9.43. The number of benzene rings is 3. The fraction of sp³-hybridized carbons (Fsp3) is 0.233. The van der Waals surface area contributed by atoms with E-state index >= 15 is 0 Å². The van der Waals surface area contributed by atoms with Crippen molar-refractivity contribution in [3.8, 4) is 22.5 Å². The van der Waals surface area contributed by atoms with Crippen molar-refractivity contribution >= 4 is 29.7 Å². The monoisotopic (exact) mass is 547 g/mol. The lowest BCUT2D eigenvalue weighted by Crippen LogP contribution is -2.24. The Hall–Kier alpha value is -4.14. The molecule has 0 bridgehead atoms. The van der Waals surface area contributed by atoms with Gasteiger partial charge in [0.2, 0.25) is 0 Å². The van der Waals surface area contributed by atoms with Gasteiger partial charge in [0.25, 0.3) is 6.47 Å². The zero-order chi connectivity index (χ0) is 27.8. The molecule has 2 heterocycles. The summed E-state index contributed by atoms with van der Waals surface area (Å²) in [6, 6.07) is 19.2. The summed E-state index contributed by atoms with van der Waals surface area (Å²) >= 11 is 5.86. The number of ether oxygens (including phenoxy) is 1. The van der Waals surface area contributed by atoms with Crippen molar-refractivity contribution in [3.05, 3.63) is 94.1 Å². The van der Waals surface area contributed by atoms with Crippen LogP contribution in [0.25, 0.3) is 22.5 Å². The maximum Gasteiger partial charge on any atom is 0.307 e. The van der Waals surface area contributed by atoms with Crippen LogP contribution >= 0.6 is 11.6 Å². The number of nitrogens with one attached hydrogen (secondary N) is 2. The minimum Gasteiger partial charge on any atom is -0.481 e. The van der Waals surface area contributed by atoms with Gasteiger partial charge in [-0.05, 0) is 53.8 Å². The highest BCUT2D eigenvalue weighted by atomic mass is 35.5. The van der Waals surface area contributed by atoms with Gasteiger partial charge < -0.3 is 25.0 Å². The first-order valence-electron chi connectivity index (χ1n) is 12.6. The van der Waals surface area contributed by atoms with Gasteiger partial charge in [0, 0.05) is 29.7 Å². The molecule has 4 aromatic rings. The van der Waals surface area contributed by atoms with E-state index in [9.17, 15) is 9.59 Å². The molecule has 0 aliphatic carbocycles. The lowest BCUT2D eigenvalue weighted by Gasteiger charge is -2.23. The SMILES string of the molecule is CC(OC=O)c1ccccc1Cl.CNc1cnoc1-c1ccc(-c2ccc(CC(=O)O)cc2)c2c1CCNC2. The van der Waals surface area contributed by atoms with E-state index in [1.54, 1.807) is 19.2 Å². The van der Waals surface area contributed by atoms with Crippen LogP contribution in [0, 0.1) is 0 Å². The molecule has 1 aromatic heterocycles. The topological polar surface area (TPSA) is 114 Å². The Morgan fingerprint density at radius 3 is 2.59 bits per heavy atom. The minimum atomic E-state index is -0.818. The predicted molar refractivity (Wildman–Crippen MR) is 151 cm³/mol. The minimum absolute atomic E-state index is 0.0389. The zero-order valence-corrected chi connectivity index (χ0v) is 22.5. The van der Waals surface area contributed by atoms with Gasteiger partial charge in [0.1, 0.15) is 11.8 Å². The van der Waals surface area contributed by atoms with E-state index < -0.39 is 5.97 Å². The largest absolute Gasteiger partial charge is 0.481 e. The van der Waals surface area contributed by atoms with Crippen LogP contribution in [0.4, 0.5) is 5.69 Å². The summed E-state index contributed by atoms with van der Waals surface area (Å²) in [4.78, 5) is 20.9. The molecule has 5 rings (SSSR count). The van der Waals surface area contributed by atoms with Crippen LogP contribution in [0.5, 0.6) is 0 Å². The van der Waals surface area contributed by atoms with Gasteiger partial charge in [-0.3, -0.25) is 9.59 Å². The third kappa shape index (κ3) is 6.66. The number of anilines is 1. The second-order valence-electron chi connectivity index (χ2n) is 9.03. The van der Waals surface area contributed by atoms with Crippen molar-refractivity contribution in [2.75, 3.05) is 18.9 Å². The van der Waals surface area contributed by atoms with Gasteiger partial charge in [-0.1, -0.05) is 71.4 Å². The lowest BCUT2D eigenvalue weighted by molar-refractivity contribution is -0.136. The number of aromatic nitrogens is 1. The van der Waals surface area contributed by atoms with Crippen LogP contribution in [-0.4, -0.2) is 36.3 Å². The molecule has 0 amide bonds. The Morgan fingerprint density at radius 2 is 1.90 bits per heavy atom. The molecule has 39 heavy (non-hydrogen) atoms. The van der Waals surface area contributed by atoms with E-state index in [4.69, 9.17) is 26.0 Å². The number of fused-ring (bicyclic) bond motifs is 1. The molecule has 1 unspecified atom stereocenters. The van der Waals surface area contributed by atoms with E-state index in [2.05, 4.69) is 27.9 Å². The van der Waals surface area contributed by atoms with E-state index in [-0.39, 0.29) is 12.5 Å². The summed E-state index contributed by atoms with van der Waals surface area (Å²) in [5, 5.41) is 20.1. The van der Waals surface area contributed by atoms with Crippen LogP contribution in [0.15, 0.2) is 71.4 Å². The molecule has 0 spiro atoms. The molecule has 8 nitrogen and oxygen atoms in total. The number of carboxylic acids is 1. The van der Waals surface area contributed by atoms with Gasteiger partial charge in [0.05, 0.1) is 12.6 Å². The molecule has 1 aliphatic rings. The summed E-state index contributed by atoms with van der Waals surface area (Å²) in [5.41, 5.74) is 8.34. The lowest BCUT2D eigenvalue weighted by atomic mass is 9.87. The number of aliphatic carboxylic acids is 1. The highest BCUT2D eigenvalue weighted by Crippen LogP contribution is 2.38. The van der Waals surface area contributed by atoms with Crippen molar-refractivity contribution in [1.82, 2.24) is 10.5 Å². The molecule has 0 fully saturated rings. The molecule has 1 atom stereocenters. The van der Waals surface area contributed by atoms with Gasteiger partial charge in [-0.25, -0.2) is 0 Å². The number of carbonyl (C=O) groups excluding carboxylic acids is 1. The van der Waals surface area contributed by atoms with Crippen molar-refractivity contribution in [3.63, 3.8) is 0 Å². The third-order valence-electron chi connectivity index (χ3n) is 6.59. The highest BCUT2D eigenvalue weighted by Gasteiger charge is 2.22. The molecule has 202 valence electrons. The maximum atomic E-state index is 10.9. The molecule has 3 aromatic carbocycles. The normalized spacial score (nSPS) is 12.9. The number of carbonyl (C=O) groups is 2. The first-order chi connectivity index (χ1) is 18.9. The Balaban J connectivity index is 0.000000247. The zero-order valence-electron chi connectivity index (χ0n) is 21.7. The van der Waals surface area contributed by atoms with Crippen molar-refractivity contribution < 1.29 is 24.0 Å². The molecule has 3 N–H and O–H groups in total. The number of hydrogen-bond acceptors (Lipinski definition) is 7. The van der Waals surface area contributed by atoms with E-state index in [1.807, 2.05) is 49.5 Å². The first-order valence-corrected chi connectivity index (χ1v) is 12.9. The molecule has 9 heteroatoms. The van der Waals surface area contributed by atoms with Crippen molar-refractivity contribution in [1.29, 1.82) is 0 Å². The van der Waals surface area contributed by atoms with Gasteiger partial charge in [-0.2, -0.15) is 0 Å². The summed E-state index contributed by atoms with van der Waals surface area (Å²) in [6.45, 7) is 3.91. The van der Waals surface area contributed by atoms with E-state index in [0.29, 0.717) is 11.5 Å². The summed E-state index contributed by atoms with van der Waals surface area (Å²) < 4.78 is 10.3. The van der Waals surface area contributed by atoms with Crippen LogP contribution in [0.1, 0.15) is 35.3 Å². The van der Waals surface area contributed by atoms with Crippen LogP contribution in [-0.2, 0) is 33.7 Å². The maximum absolute atomic E-state index is 10.9. The summed E-state index contributed by atoms with van der Waals surface area (Å²) in [7, 11) is 1.86. The average Bonchev–Trinajstić information content (AvgIpc) is 3.42. The van der Waals surface area contributed by atoms with Crippen LogP contribution in [0.2, 0.25) is 5.02 Å². The number of rotatable bonds is 8. The van der Waals surface area contributed by atoms with Gasteiger partial charge in [-0.15, -0.1) is 0 Å². The number of hydrogen-bond donors (Lipinski definition) is 3. The fourth-order valence-electron chi connectivity index (χ4n) is 4.64. The number of halogens is 1. The van der Waals surface area contributed by atoms with Crippen molar-refractivity contribution in [2.24, 2.45) is 0 Å². The average molecular weight is 548 g/mol. The summed E-state index contributed by atoms with van der Waals surface area (Å²) in [5.74, 6) is -0.0555.